The molecule has 0 aliphatic rings. The smallest absolute Gasteiger partial charge is 0.263 e. The van der Waals surface area contributed by atoms with Crippen molar-refractivity contribution in [2.24, 2.45) is 0 Å². The lowest BCUT2D eigenvalue weighted by molar-refractivity contribution is 0.0954. The minimum absolute atomic E-state index is 0.119. The van der Waals surface area contributed by atoms with Crippen molar-refractivity contribution in [3.05, 3.63) is 57.9 Å². The summed E-state index contributed by atoms with van der Waals surface area (Å²) in [6, 6.07) is 10.6. The Kier molecular flexibility index (Phi) is 5.75. The molecule has 0 aliphatic heterocycles. The third-order valence-electron chi connectivity index (χ3n) is 3.91. The molecule has 3 rings (SSSR count). The summed E-state index contributed by atoms with van der Waals surface area (Å²) in [6.45, 7) is 1.92. The predicted octanol–water partition coefficient (Wildman–Crippen LogP) is 3.36. The number of nitrogens with zero attached hydrogens (tertiary/aromatic N) is 2. The van der Waals surface area contributed by atoms with Crippen molar-refractivity contribution in [2.75, 3.05) is 14.1 Å². The lowest BCUT2D eigenvalue weighted by Crippen LogP contribution is -2.27. The van der Waals surface area contributed by atoms with Gasteiger partial charge in [0.25, 0.3) is 5.91 Å². The van der Waals surface area contributed by atoms with Gasteiger partial charge >= 0.3 is 0 Å². The molecule has 9 heteroatoms. The van der Waals surface area contributed by atoms with Crippen LogP contribution in [0, 0.1) is 6.92 Å². The number of rotatable bonds is 6. The van der Waals surface area contributed by atoms with Crippen molar-refractivity contribution in [1.29, 1.82) is 0 Å². The number of nitrogens with one attached hydrogen (secondary N) is 1. The van der Waals surface area contributed by atoms with Crippen molar-refractivity contribution >= 4 is 38.6 Å². The maximum Gasteiger partial charge on any atom is 0.263 e. The van der Waals surface area contributed by atoms with Crippen molar-refractivity contribution in [1.82, 2.24) is 14.6 Å². The topological polar surface area (TPSA) is 79.4 Å². The number of aryl methyl sites for hydroxylation is 1. The van der Waals surface area contributed by atoms with Gasteiger partial charge in [0.05, 0.1) is 15.5 Å². The number of aromatic nitrogens is 1. The fourth-order valence-corrected chi connectivity index (χ4v) is 5.36. The summed E-state index contributed by atoms with van der Waals surface area (Å²) in [5.41, 5.74) is 1.20. The van der Waals surface area contributed by atoms with Gasteiger partial charge in [-0.25, -0.2) is 17.7 Å². The van der Waals surface area contributed by atoms with Crippen LogP contribution in [0.25, 0.3) is 9.88 Å². The molecule has 142 valence electrons. The second-order valence-corrected chi connectivity index (χ2v) is 10.1. The van der Waals surface area contributed by atoms with E-state index in [1.807, 2.05) is 17.5 Å². The molecule has 0 unspecified atom stereocenters. The molecular weight excluding hydrogens is 402 g/mol. The summed E-state index contributed by atoms with van der Waals surface area (Å²) in [4.78, 5) is 18.8. The number of thiazole rings is 1. The van der Waals surface area contributed by atoms with Crippen molar-refractivity contribution in [2.45, 2.75) is 18.4 Å². The van der Waals surface area contributed by atoms with E-state index in [0.29, 0.717) is 16.1 Å². The van der Waals surface area contributed by atoms with Gasteiger partial charge in [0.15, 0.2) is 0 Å². The van der Waals surface area contributed by atoms with Gasteiger partial charge in [-0.3, -0.25) is 4.79 Å². The van der Waals surface area contributed by atoms with Gasteiger partial charge in [0.1, 0.15) is 9.88 Å². The number of carbonyl (C=O) groups excluding carboxylic acids is 1. The highest BCUT2D eigenvalue weighted by Gasteiger charge is 2.22. The Hall–Kier alpha value is -2.07. The zero-order chi connectivity index (χ0) is 19.6. The molecule has 0 fully saturated rings. The lowest BCUT2D eigenvalue weighted by atomic mass is 10.2. The highest BCUT2D eigenvalue weighted by atomic mass is 32.2. The number of hydrogen-bond donors (Lipinski definition) is 1. The number of thiophene rings is 1. The highest BCUT2D eigenvalue weighted by Crippen LogP contribution is 2.31. The van der Waals surface area contributed by atoms with Crippen molar-refractivity contribution < 1.29 is 13.2 Å². The maximum absolute atomic E-state index is 12.6. The van der Waals surface area contributed by atoms with Crippen LogP contribution in [0.5, 0.6) is 0 Å². The van der Waals surface area contributed by atoms with Gasteiger partial charge in [0, 0.05) is 20.6 Å². The largest absolute Gasteiger partial charge is 0.347 e. The molecule has 0 radical (unpaired) electrons. The molecule has 6 nitrogen and oxygen atoms in total. The van der Waals surface area contributed by atoms with E-state index in [4.69, 9.17) is 0 Å². The number of sulfonamides is 1. The van der Waals surface area contributed by atoms with E-state index in [0.717, 1.165) is 14.2 Å². The van der Waals surface area contributed by atoms with Crippen LogP contribution in [-0.4, -0.2) is 37.7 Å². The van der Waals surface area contributed by atoms with Gasteiger partial charge in [-0.05, 0) is 30.0 Å². The molecule has 1 amide bonds. The Balaban J connectivity index is 1.80. The summed E-state index contributed by atoms with van der Waals surface area (Å²) < 4.78 is 26.1. The van der Waals surface area contributed by atoms with E-state index in [1.54, 1.807) is 42.5 Å². The van der Waals surface area contributed by atoms with Crippen LogP contribution < -0.4 is 5.32 Å². The fourth-order valence-electron chi connectivity index (χ4n) is 2.47. The minimum Gasteiger partial charge on any atom is -0.347 e. The van der Waals surface area contributed by atoms with Gasteiger partial charge < -0.3 is 5.32 Å². The first-order valence-corrected chi connectivity index (χ1v) is 11.2. The summed E-state index contributed by atoms with van der Waals surface area (Å²) in [6.07, 6.45) is 0. The molecule has 27 heavy (non-hydrogen) atoms. The molecule has 3 aromatic rings. The average molecular weight is 422 g/mol. The summed E-state index contributed by atoms with van der Waals surface area (Å²) in [5, 5.41) is 5.59. The minimum atomic E-state index is -3.58. The Labute approximate surface area is 166 Å². The normalized spacial score (nSPS) is 11.7. The molecule has 0 saturated heterocycles. The zero-order valence-corrected chi connectivity index (χ0v) is 17.5. The van der Waals surface area contributed by atoms with Crippen molar-refractivity contribution in [3.8, 4) is 9.88 Å². The van der Waals surface area contributed by atoms with E-state index in [-0.39, 0.29) is 17.3 Å². The summed E-state index contributed by atoms with van der Waals surface area (Å²) >= 11 is 2.91. The number of amides is 1. The quantitative estimate of drug-likeness (QED) is 0.662. The van der Waals surface area contributed by atoms with Gasteiger partial charge in [-0.15, -0.1) is 22.7 Å². The van der Waals surface area contributed by atoms with E-state index < -0.39 is 10.0 Å². The Morgan fingerprint density at radius 2 is 1.93 bits per heavy atom. The first-order chi connectivity index (χ1) is 12.8. The van der Waals surface area contributed by atoms with E-state index in [1.165, 1.54) is 25.4 Å². The van der Waals surface area contributed by atoms with Crippen LogP contribution in [0.4, 0.5) is 0 Å². The Morgan fingerprint density at radius 3 is 2.59 bits per heavy atom. The molecule has 2 heterocycles. The zero-order valence-electron chi connectivity index (χ0n) is 15.1. The molecule has 0 aliphatic carbocycles. The van der Waals surface area contributed by atoms with Crippen LogP contribution in [-0.2, 0) is 16.6 Å². The number of hydrogen-bond acceptors (Lipinski definition) is 6. The van der Waals surface area contributed by atoms with Crippen molar-refractivity contribution in [3.63, 3.8) is 0 Å². The molecule has 0 bridgehead atoms. The Morgan fingerprint density at radius 1 is 1.19 bits per heavy atom. The maximum atomic E-state index is 12.6. The second kappa shape index (κ2) is 7.89. The highest BCUT2D eigenvalue weighted by molar-refractivity contribution is 7.89. The molecule has 2 aromatic heterocycles. The third kappa shape index (κ3) is 4.11. The summed E-state index contributed by atoms with van der Waals surface area (Å²) in [5.74, 6) is -0.259. The van der Waals surface area contributed by atoms with E-state index >= 15 is 0 Å². The molecule has 0 saturated carbocycles. The number of carbonyl (C=O) groups is 1. The van der Waals surface area contributed by atoms with E-state index in [9.17, 15) is 13.2 Å². The Bertz CT molecular complexity index is 1050. The van der Waals surface area contributed by atoms with Crippen LogP contribution in [0.1, 0.15) is 20.9 Å². The second-order valence-electron chi connectivity index (χ2n) is 5.99. The van der Waals surface area contributed by atoms with Crippen LogP contribution in [0.3, 0.4) is 0 Å². The fraction of sp³-hybridized carbons (Fsp3) is 0.222. The van der Waals surface area contributed by atoms with Crippen LogP contribution in [0.15, 0.2) is 46.7 Å². The molecule has 0 spiro atoms. The predicted molar refractivity (Wildman–Crippen MR) is 109 cm³/mol. The average Bonchev–Trinajstić information content (AvgIpc) is 3.29. The summed E-state index contributed by atoms with van der Waals surface area (Å²) in [7, 11) is -0.613. The van der Waals surface area contributed by atoms with Gasteiger partial charge in [0.2, 0.25) is 10.0 Å². The molecule has 1 aromatic carbocycles. The molecular formula is C18H19N3O3S3. The first kappa shape index (κ1) is 19.7. The third-order valence-corrected chi connectivity index (χ3v) is 8.02. The van der Waals surface area contributed by atoms with Crippen LogP contribution in [0.2, 0.25) is 0 Å². The first-order valence-electron chi connectivity index (χ1n) is 8.10. The van der Waals surface area contributed by atoms with Gasteiger partial charge in [-0.1, -0.05) is 24.3 Å². The molecule has 1 N–H and O–H groups in total. The standard InChI is InChI=1S/C18H19N3O3S3/c1-12-16(26-18(20-12)14-8-6-10-25-14)17(22)19-11-13-7-4-5-9-15(13)27(23,24)21(2)3/h4-10H,11H2,1-3H3,(H,19,22). The lowest BCUT2D eigenvalue weighted by Gasteiger charge is -2.15. The molecule has 0 atom stereocenters. The van der Waals surface area contributed by atoms with Gasteiger partial charge in [-0.2, -0.15) is 0 Å². The van der Waals surface area contributed by atoms with E-state index in [2.05, 4.69) is 10.3 Å². The SMILES string of the molecule is Cc1nc(-c2cccs2)sc1C(=O)NCc1ccccc1S(=O)(=O)N(C)C. The van der Waals surface area contributed by atoms with Crippen LogP contribution >= 0.6 is 22.7 Å². The monoisotopic (exact) mass is 421 g/mol. The number of benzene rings is 1.